The molecule has 176 valence electrons. The lowest BCUT2D eigenvalue weighted by molar-refractivity contribution is -0.0253. The van der Waals surface area contributed by atoms with E-state index in [1.807, 2.05) is 0 Å². The molecule has 2 aliphatic carbocycles. The molecule has 6 atom stereocenters. The zero-order valence-corrected chi connectivity index (χ0v) is 19.8. The van der Waals surface area contributed by atoms with E-state index in [1.165, 1.54) is 21.4 Å². The average Bonchev–Trinajstić information content (AvgIpc) is 3.36. The number of hydrogen-bond donors (Lipinski definition) is 4. The van der Waals surface area contributed by atoms with Gasteiger partial charge in [0.05, 0.1) is 12.1 Å². The number of thioether (sulfide) groups is 1. The summed E-state index contributed by atoms with van der Waals surface area (Å²) in [4.78, 5) is 9.39. The lowest BCUT2D eigenvalue weighted by atomic mass is 10.0. The molecule has 2 aromatic heterocycles. The molecule has 2 saturated carbocycles. The van der Waals surface area contributed by atoms with E-state index in [-0.39, 0.29) is 12.5 Å². The SMILES string of the molecule is CCCSc1nc(NC2CC2c2ccc(C)c(C)c2)c2nnn([C@H]3C[C@@H](O)[C@H](O)[C@@H]3O)c2n1. The highest BCUT2D eigenvalue weighted by Crippen LogP contribution is 2.44. The van der Waals surface area contributed by atoms with E-state index in [0.29, 0.717) is 28.1 Å². The number of aliphatic hydroxyl groups excluding tert-OH is 3. The number of rotatable bonds is 7. The molecule has 33 heavy (non-hydrogen) atoms. The number of aryl methyl sites for hydroxylation is 2. The lowest BCUT2D eigenvalue weighted by Crippen LogP contribution is -2.31. The molecule has 3 aromatic rings. The highest BCUT2D eigenvalue weighted by molar-refractivity contribution is 7.99. The van der Waals surface area contributed by atoms with Crippen LogP contribution in [0.15, 0.2) is 23.4 Å². The van der Waals surface area contributed by atoms with Crippen LogP contribution in [0, 0.1) is 13.8 Å². The lowest BCUT2D eigenvalue weighted by Gasteiger charge is -2.16. The van der Waals surface area contributed by atoms with Crippen molar-refractivity contribution in [3.8, 4) is 0 Å². The Kier molecular flexibility index (Phi) is 6.02. The van der Waals surface area contributed by atoms with Crippen LogP contribution in [0.3, 0.4) is 0 Å². The molecule has 5 rings (SSSR count). The Hall–Kier alpha value is -2.27. The van der Waals surface area contributed by atoms with Crippen molar-refractivity contribution in [3.63, 3.8) is 0 Å². The summed E-state index contributed by atoms with van der Waals surface area (Å²) < 4.78 is 1.52. The van der Waals surface area contributed by atoms with Crippen LogP contribution in [0.4, 0.5) is 5.82 Å². The van der Waals surface area contributed by atoms with Crippen molar-refractivity contribution in [2.24, 2.45) is 0 Å². The molecule has 2 heterocycles. The number of anilines is 1. The maximum absolute atomic E-state index is 10.4. The third kappa shape index (κ3) is 4.21. The molecule has 0 amide bonds. The van der Waals surface area contributed by atoms with Crippen molar-refractivity contribution in [1.29, 1.82) is 0 Å². The van der Waals surface area contributed by atoms with Gasteiger partial charge in [0.2, 0.25) is 0 Å². The second-order valence-electron chi connectivity index (χ2n) is 9.20. The van der Waals surface area contributed by atoms with Crippen LogP contribution in [0.1, 0.15) is 54.8 Å². The number of aromatic nitrogens is 5. The number of nitrogens with zero attached hydrogens (tertiary/aromatic N) is 5. The molecule has 4 N–H and O–H groups in total. The Morgan fingerprint density at radius 1 is 1.09 bits per heavy atom. The Balaban J connectivity index is 1.45. The zero-order valence-electron chi connectivity index (χ0n) is 19.0. The van der Waals surface area contributed by atoms with Crippen LogP contribution in [-0.4, -0.2) is 70.4 Å². The molecule has 2 unspecified atom stereocenters. The van der Waals surface area contributed by atoms with Crippen molar-refractivity contribution < 1.29 is 15.3 Å². The molecule has 0 aliphatic heterocycles. The standard InChI is InChI=1S/C23H30N6O3S/c1-4-7-33-23-25-21(24-15-9-14(15)13-6-5-11(2)12(3)8-13)18-22(26-23)29(28-27-18)16-10-17(30)20(32)19(16)31/h5-6,8,14-17,19-20,30-32H,4,7,9-10H2,1-3H3,(H,24,25,26)/t14?,15?,16-,17+,19+,20-/m0/s1. The van der Waals surface area contributed by atoms with E-state index in [2.05, 4.69) is 59.6 Å². The van der Waals surface area contributed by atoms with Crippen molar-refractivity contribution in [3.05, 3.63) is 34.9 Å². The molecule has 2 aliphatic rings. The van der Waals surface area contributed by atoms with Gasteiger partial charge < -0.3 is 20.6 Å². The molecule has 2 fully saturated rings. The van der Waals surface area contributed by atoms with Gasteiger partial charge in [-0.3, -0.25) is 0 Å². The summed E-state index contributed by atoms with van der Waals surface area (Å²) in [6.07, 6.45) is -1.18. The fraction of sp³-hybridized carbons (Fsp3) is 0.565. The predicted molar refractivity (Wildman–Crippen MR) is 126 cm³/mol. The van der Waals surface area contributed by atoms with Gasteiger partial charge in [-0.05, 0) is 43.4 Å². The Morgan fingerprint density at radius 2 is 1.91 bits per heavy atom. The van der Waals surface area contributed by atoms with Crippen LogP contribution in [0.2, 0.25) is 0 Å². The maximum atomic E-state index is 10.4. The van der Waals surface area contributed by atoms with Gasteiger partial charge in [0.1, 0.15) is 12.2 Å². The largest absolute Gasteiger partial charge is 0.390 e. The Morgan fingerprint density at radius 3 is 2.61 bits per heavy atom. The molecule has 1 aromatic carbocycles. The summed E-state index contributed by atoms with van der Waals surface area (Å²) in [6, 6.07) is 6.27. The van der Waals surface area contributed by atoms with Gasteiger partial charge in [0, 0.05) is 24.1 Å². The van der Waals surface area contributed by atoms with Crippen LogP contribution in [-0.2, 0) is 0 Å². The quantitative estimate of drug-likeness (QED) is 0.304. The van der Waals surface area contributed by atoms with Gasteiger partial charge in [-0.1, -0.05) is 42.1 Å². The van der Waals surface area contributed by atoms with E-state index >= 15 is 0 Å². The Bertz CT molecular complexity index is 1170. The third-order valence-corrected chi connectivity index (χ3v) is 7.80. The maximum Gasteiger partial charge on any atom is 0.191 e. The number of fused-ring (bicyclic) bond motifs is 1. The van der Waals surface area contributed by atoms with Gasteiger partial charge in [0.25, 0.3) is 0 Å². The third-order valence-electron chi connectivity index (χ3n) is 6.75. The van der Waals surface area contributed by atoms with E-state index in [4.69, 9.17) is 4.98 Å². The van der Waals surface area contributed by atoms with Crippen LogP contribution >= 0.6 is 11.8 Å². The molecule has 0 saturated heterocycles. The molecular weight excluding hydrogens is 440 g/mol. The van der Waals surface area contributed by atoms with Crippen LogP contribution in [0.5, 0.6) is 0 Å². The predicted octanol–water partition coefficient (Wildman–Crippen LogP) is 2.34. The smallest absolute Gasteiger partial charge is 0.191 e. The van der Waals surface area contributed by atoms with Crippen LogP contribution in [0.25, 0.3) is 11.2 Å². The van der Waals surface area contributed by atoms with Crippen LogP contribution < -0.4 is 5.32 Å². The summed E-state index contributed by atoms with van der Waals surface area (Å²) in [5.41, 5.74) is 4.94. The number of aliphatic hydroxyl groups is 3. The van der Waals surface area contributed by atoms with Crippen molar-refractivity contribution >= 4 is 28.7 Å². The zero-order chi connectivity index (χ0) is 23.3. The fourth-order valence-electron chi connectivity index (χ4n) is 4.51. The topological polar surface area (TPSA) is 129 Å². The van der Waals surface area contributed by atoms with Gasteiger partial charge in [-0.2, -0.15) is 0 Å². The second-order valence-corrected chi connectivity index (χ2v) is 10.3. The second kappa shape index (κ2) is 8.83. The fourth-order valence-corrected chi connectivity index (χ4v) is 5.21. The highest BCUT2D eigenvalue weighted by Gasteiger charge is 2.44. The molecular formula is C23H30N6O3S. The average molecular weight is 471 g/mol. The minimum atomic E-state index is -1.21. The Labute approximate surface area is 196 Å². The molecule has 0 bridgehead atoms. The highest BCUT2D eigenvalue weighted by atomic mass is 32.2. The van der Waals surface area contributed by atoms with Gasteiger partial charge in [0.15, 0.2) is 22.1 Å². The first-order chi connectivity index (χ1) is 15.9. The van der Waals surface area contributed by atoms with E-state index < -0.39 is 24.4 Å². The van der Waals surface area contributed by atoms with Crippen molar-refractivity contribution in [2.45, 2.75) is 81.5 Å². The summed E-state index contributed by atoms with van der Waals surface area (Å²) in [7, 11) is 0. The molecule has 10 heteroatoms. The first-order valence-corrected chi connectivity index (χ1v) is 12.5. The first-order valence-electron chi connectivity index (χ1n) is 11.5. The van der Waals surface area contributed by atoms with E-state index in [0.717, 1.165) is 18.6 Å². The summed E-state index contributed by atoms with van der Waals surface area (Å²) in [5.74, 6) is 1.93. The van der Waals surface area contributed by atoms with Gasteiger partial charge in [-0.25, -0.2) is 14.6 Å². The minimum Gasteiger partial charge on any atom is -0.390 e. The number of benzene rings is 1. The normalized spacial score (nSPS) is 29.0. The molecule has 9 nitrogen and oxygen atoms in total. The van der Waals surface area contributed by atoms with E-state index in [9.17, 15) is 15.3 Å². The molecule has 0 spiro atoms. The van der Waals surface area contributed by atoms with Crippen molar-refractivity contribution in [1.82, 2.24) is 25.0 Å². The van der Waals surface area contributed by atoms with Crippen molar-refractivity contribution in [2.75, 3.05) is 11.1 Å². The van der Waals surface area contributed by atoms with Gasteiger partial charge >= 0.3 is 0 Å². The monoisotopic (exact) mass is 470 g/mol. The van der Waals surface area contributed by atoms with Gasteiger partial charge in [-0.15, -0.1) is 5.10 Å². The minimum absolute atomic E-state index is 0.183. The first kappa shape index (κ1) is 22.5. The summed E-state index contributed by atoms with van der Waals surface area (Å²) in [6.45, 7) is 6.36. The summed E-state index contributed by atoms with van der Waals surface area (Å²) >= 11 is 1.56. The van der Waals surface area contributed by atoms with E-state index in [1.54, 1.807) is 11.8 Å². The summed E-state index contributed by atoms with van der Waals surface area (Å²) in [5, 5.41) is 43.2. The molecule has 0 radical (unpaired) electrons. The number of hydrogen-bond acceptors (Lipinski definition) is 9. The number of nitrogens with one attached hydrogen (secondary N) is 1.